The fourth-order valence-electron chi connectivity index (χ4n) is 2.29. The van der Waals surface area contributed by atoms with Crippen LogP contribution in [0.3, 0.4) is 0 Å². The maximum absolute atomic E-state index is 12.4. The van der Waals surface area contributed by atoms with E-state index in [1.54, 1.807) is 6.92 Å². The lowest BCUT2D eigenvalue weighted by atomic mass is 10.0. The van der Waals surface area contributed by atoms with Crippen molar-refractivity contribution in [3.05, 3.63) is 59.1 Å². The summed E-state index contributed by atoms with van der Waals surface area (Å²) < 4.78 is 12.4. The first-order valence-corrected chi connectivity index (χ1v) is 6.90. The van der Waals surface area contributed by atoms with E-state index in [9.17, 15) is 4.39 Å². The summed E-state index contributed by atoms with van der Waals surface area (Å²) in [5, 5.41) is 11.0. The number of alkyl halides is 1. The van der Waals surface area contributed by atoms with E-state index in [1.807, 2.05) is 54.4 Å². The standard InChI is InChI=1S/C18H16FN3/c1-13(18(12-20)21-2)14-4-5-16-11-17(22(3)9-8-19)7-6-15(16)10-14/h4-7,10-11H,8-9H2,1,3H3/b18-13+. The maximum atomic E-state index is 12.4. The Labute approximate surface area is 129 Å². The molecule has 3 nitrogen and oxygen atoms in total. The zero-order chi connectivity index (χ0) is 16.1. The molecule has 0 fully saturated rings. The first-order chi connectivity index (χ1) is 10.6. The highest BCUT2D eigenvalue weighted by atomic mass is 19.1. The van der Waals surface area contributed by atoms with Crippen LogP contribution in [0.15, 0.2) is 42.1 Å². The minimum Gasteiger partial charge on any atom is -0.372 e. The molecule has 0 N–H and O–H groups in total. The van der Waals surface area contributed by atoms with Crippen LogP contribution in [-0.4, -0.2) is 20.3 Å². The predicted molar refractivity (Wildman–Crippen MR) is 88.0 cm³/mol. The van der Waals surface area contributed by atoms with Crippen molar-refractivity contribution in [2.75, 3.05) is 25.2 Å². The molecule has 0 atom stereocenters. The number of nitriles is 1. The number of hydrogen-bond donors (Lipinski definition) is 0. The normalized spacial score (nSPS) is 11.5. The van der Waals surface area contributed by atoms with E-state index >= 15 is 0 Å². The van der Waals surface area contributed by atoms with Crippen LogP contribution in [0.4, 0.5) is 10.1 Å². The van der Waals surface area contributed by atoms with Crippen LogP contribution < -0.4 is 4.90 Å². The van der Waals surface area contributed by atoms with Crippen LogP contribution in [-0.2, 0) is 0 Å². The van der Waals surface area contributed by atoms with Gasteiger partial charge in [0.25, 0.3) is 5.70 Å². The highest BCUT2D eigenvalue weighted by Gasteiger charge is 2.06. The van der Waals surface area contributed by atoms with Gasteiger partial charge in [0, 0.05) is 19.3 Å². The van der Waals surface area contributed by atoms with Crippen LogP contribution >= 0.6 is 0 Å². The fraction of sp³-hybridized carbons (Fsp3) is 0.222. The highest BCUT2D eigenvalue weighted by molar-refractivity contribution is 5.89. The molecule has 0 heterocycles. The summed E-state index contributed by atoms with van der Waals surface area (Å²) in [5.74, 6) is 0. The summed E-state index contributed by atoms with van der Waals surface area (Å²) in [6.07, 6.45) is 0. The number of allylic oxidation sites excluding steroid dienone is 2. The van der Waals surface area contributed by atoms with Crippen molar-refractivity contribution in [1.82, 2.24) is 0 Å². The third-order valence-corrected chi connectivity index (χ3v) is 3.69. The lowest BCUT2D eigenvalue weighted by molar-refractivity contribution is 0.497. The van der Waals surface area contributed by atoms with Crippen molar-refractivity contribution in [3.8, 4) is 6.07 Å². The number of hydrogen-bond acceptors (Lipinski definition) is 2. The number of nitrogens with zero attached hydrogens (tertiary/aromatic N) is 3. The summed E-state index contributed by atoms with van der Waals surface area (Å²) in [6, 6.07) is 13.7. The molecule has 0 unspecified atom stereocenters. The molecule has 2 rings (SSSR count). The van der Waals surface area contributed by atoms with Crippen molar-refractivity contribution in [2.45, 2.75) is 6.92 Å². The van der Waals surface area contributed by atoms with E-state index in [4.69, 9.17) is 11.8 Å². The zero-order valence-corrected chi connectivity index (χ0v) is 12.6. The number of fused-ring (bicyclic) bond motifs is 1. The Bertz CT molecular complexity index is 793. The van der Waals surface area contributed by atoms with Gasteiger partial charge in [0.1, 0.15) is 6.67 Å². The SMILES string of the molecule is [C-]#[N+]/C(C#N)=C(\C)c1ccc2cc(N(C)CCF)ccc2c1. The summed E-state index contributed by atoms with van der Waals surface area (Å²) in [6.45, 7) is 8.78. The summed E-state index contributed by atoms with van der Waals surface area (Å²) in [5.41, 5.74) is 2.62. The Morgan fingerprint density at radius 1 is 1.27 bits per heavy atom. The molecule has 0 saturated carbocycles. The molecular formula is C18H16FN3. The summed E-state index contributed by atoms with van der Waals surface area (Å²) in [4.78, 5) is 5.11. The second-order valence-electron chi connectivity index (χ2n) is 5.05. The van der Waals surface area contributed by atoms with Gasteiger partial charge in [-0.05, 0) is 47.0 Å². The summed E-state index contributed by atoms with van der Waals surface area (Å²) >= 11 is 0. The lowest BCUT2D eigenvalue weighted by Gasteiger charge is -2.18. The molecule has 0 aromatic heterocycles. The number of anilines is 1. The fourth-order valence-corrected chi connectivity index (χ4v) is 2.29. The van der Waals surface area contributed by atoms with Crippen LogP contribution in [0.25, 0.3) is 21.2 Å². The van der Waals surface area contributed by atoms with E-state index in [0.29, 0.717) is 12.1 Å². The Morgan fingerprint density at radius 2 is 1.95 bits per heavy atom. The minimum atomic E-state index is -0.384. The predicted octanol–water partition coefficient (Wildman–Crippen LogP) is 4.42. The molecule has 0 bridgehead atoms. The first kappa shape index (κ1) is 15.5. The highest BCUT2D eigenvalue weighted by Crippen LogP contribution is 2.26. The molecule has 0 spiro atoms. The van der Waals surface area contributed by atoms with E-state index in [-0.39, 0.29) is 12.4 Å². The Balaban J connectivity index is 2.46. The van der Waals surface area contributed by atoms with Crippen molar-refractivity contribution >= 4 is 22.0 Å². The van der Waals surface area contributed by atoms with Gasteiger partial charge in [0.05, 0.1) is 12.6 Å². The molecule has 2 aromatic rings. The second-order valence-corrected chi connectivity index (χ2v) is 5.05. The van der Waals surface area contributed by atoms with Crippen LogP contribution in [0, 0.1) is 17.9 Å². The van der Waals surface area contributed by atoms with Crippen molar-refractivity contribution < 1.29 is 4.39 Å². The van der Waals surface area contributed by atoms with Crippen LogP contribution in [0.5, 0.6) is 0 Å². The van der Waals surface area contributed by atoms with E-state index in [1.165, 1.54) is 0 Å². The van der Waals surface area contributed by atoms with E-state index < -0.39 is 0 Å². The van der Waals surface area contributed by atoms with Gasteiger partial charge in [-0.2, -0.15) is 0 Å². The van der Waals surface area contributed by atoms with Crippen molar-refractivity contribution in [1.29, 1.82) is 5.26 Å². The average Bonchev–Trinajstić information content (AvgIpc) is 2.55. The minimum absolute atomic E-state index is 0.110. The van der Waals surface area contributed by atoms with Gasteiger partial charge in [-0.15, -0.1) is 0 Å². The monoisotopic (exact) mass is 293 g/mol. The van der Waals surface area contributed by atoms with E-state index in [2.05, 4.69) is 4.85 Å². The number of benzene rings is 2. The van der Waals surface area contributed by atoms with Gasteiger partial charge in [-0.1, -0.05) is 18.2 Å². The Kier molecular flexibility index (Phi) is 4.76. The average molecular weight is 293 g/mol. The van der Waals surface area contributed by atoms with Gasteiger partial charge >= 0.3 is 0 Å². The van der Waals surface area contributed by atoms with Gasteiger partial charge in [-0.25, -0.2) is 14.5 Å². The molecular weight excluding hydrogens is 277 g/mol. The Morgan fingerprint density at radius 3 is 2.59 bits per heavy atom. The third kappa shape index (κ3) is 3.07. The third-order valence-electron chi connectivity index (χ3n) is 3.69. The van der Waals surface area contributed by atoms with Crippen molar-refractivity contribution in [2.24, 2.45) is 0 Å². The molecule has 2 aromatic carbocycles. The molecule has 0 aliphatic heterocycles. The smallest absolute Gasteiger partial charge is 0.265 e. The largest absolute Gasteiger partial charge is 0.372 e. The first-order valence-electron chi connectivity index (χ1n) is 6.90. The van der Waals surface area contributed by atoms with Crippen LogP contribution in [0.2, 0.25) is 0 Å². The molecule has 0 saturated heterocycles. The second kappa shape index (κ2) is 6.74. The topological polar surface area (TPSA) is 31.4 Å². The van der Waals surface area contributed by atoms with Gasteiger partial charge in [0.15, 0.2) is 0 Å². The quantitative estimate of drug-likeness (QED) is 0.617. The molecule has 110 valence electrons. The summed E-state index contributed by atoms with van der Waals surface area (Å²) in [7, 11) is 1.86. The number of rotatable bonds is 4. The molecule has 0 aliphatic rings. The van der Waals surface area contributed by atoms with E-state index in [0.717, 1.165) is 22.0 Å². The van der Waals surface area contributed by atoms with Gasteiger partial charge in [0.2, 0.25) is 0 Å². The maximum Gasteiger partial charge on any atom is 0.265 e. The van der Waals surface area contributed by atoms with Gasteiger partial charge in [-0.3, -0.25) is 0 Å². The number of halogens is 1. The Hall–Kier alpha value is -2.85. The lowest BCUT2D eigenvalue weighted by Crippen LogP contribution is -2.19. The van der Waals surface area contributed by atoms with Crippen molar-refractivity contribution in [3.63, 3.8) is 0 Å². The van der Waals surface area contributed by atoms with Gasteiger partial charge < -0.3 is 4.90 Å². The van der Waals surface area contributed by atoms with Crippen LogP contribution in [0.1, 0.15) is 12.5 Å². The zero-order valence-electron chi connectivity index (χ0n) is 12.6. The molecule has 0 aliphatic carbocycles. The molecule has 4 heteroatoms. The molecule has 0 amide bonds. The molecule has 0 radical (unpaired) electrons. The molecule has 22 heavy (non-hydrogen) atoms.